The lowest BCUT2D eigenvalue weighted by Gasteiger charge is -2.36. The number of nitrogens with zero attached hydrogens (tertiary/aromatic N) is 4. The number of aryl methyl sites for hydroxylation is 1. The van der Waals surface area contributed by atoms with Crippen LogP contribution in [0.4, 0.5) is 5.69 Å². The van der Waals surface area contributed by atoms with Crippen molar-refractivity contribution >= 4 is 11.6 Å². The topological polar surface area (TPSA) is 39.3 Å². The Morgan fingerprint density at radius 1 is 0.706 bits per heavy atom. The van der Waals surface area contributed by atoms with Crippen molar-refractivity contribution in [3.05, 3.63) is 94.0 Å². The average molecular weight is 693 g/mol. The van der Waals surface area contributed by atoms with Gasteiger partial charge in [0.05, 0.1) is 0 Å². The van der Waals surface area contributed by atoms with Gasteiger partial charge in [0.2, 0.25) is 5.91 Å². The Bertz CT molecular complexity index is 1570. The maximum atomic E-state index is 15.9. The van der Waals surface area contributed by atoms with E-state index in [0.717, 1.165) is 73.7 Å². The van der Waals surface area contributed by atoms with Gasteiger partial charge in [-0.25, -0.2) is 0 Å². The smallest absolute Gasteiger partial charge is 0.246 e. The molecule has 0 N–H and O–H groups in total. The highest BCUT2D eigenvalue weighted by Crippen LogP contribution is 2.54. The molecule has 2 fully saturated rings. The van der Waals surface area contributed by atoms with E-state index >= 15 is 4.79 Å². The number of amides is 1. The van der Waals surface area contributed by atoms with Crippen LogP contribution in [0.2, 0.25) is 0 Å². The summed E-state index contributed by atoms with van der Waals surface area (Å²) in [5.41, 5.74) is 6.66. The molecule has 1 amide bonds. The number of carbonyl (C=O) groups excluding carboxylic acids is 1. The van der Waals surface area contributed by atoms with Gasteiger partial charge >= 0.3 is 0 Å². The molecule has 3 heterocycles. The van der Waals surface area contributed by atoms with Crippen LogP contribution in [0.3, 0.4) is 0 Å². The minimum atomic E-state index is -1.06. The third kappa shape index (κ3) is 7.94. The summed E-state index contributed by atoms with van der Waals surface area (Å²) < 4.78 is 6.88. The van der Waals surface area contributed by atoms with Gasteiger partial charge in [-0.05, 0) is 137 Å². The first-order valence-corrected chi connectivity index (χ1v) is 19.7. The van der Waals surface area contributed by atoms with Crippen LogP contribution in [0.5, 0.6) is 5.75 Å². The van der Waals surface area contributed by atoms with E-state index in [4.69, 9.17) is 4.74 Å². The van der Waals surface area contributed by atoms with Crippen LogP contribution < -0.4 is 9.64 Å². The van der Waals surface area contributed by atoms with Gasteiger partial charge in [0.1, 0.15) is 17.8 Å². The maximum absolute atomic E-state index is 15.9. The maximum Gasteiger partial charge on any atom is 0.246 e. The number of likely N-dealkylation sites (tertiary alicyclic amines) is 2. The summed E-state index contributed by atoms with van der Waals surface area (Å²) in [4.78, 5) is 25.3. The largest absolute Gasteiger partial charge is 0.492 e. The monoisotopic (exact) mass is 693 g/mol. The molecule has 0 aliphatic carbocycles. The van der Waals surface area contributed by atoms with Gasteiger partial charge < -0.3 is 19.4 Å². The molecule has 51 heavy (non-hydrogen) atoms. The molecule has 0 bridgehead atoms. The first kappa shape index (κ1) is 37.6. The lowest BCUT2D eigenvalue weighted by atomic mass is 9.66. The van der Waals surface area contributed by atoms with E-state index in [0.29, 0.717) is 13.2 Å². The molecule has 1 unspecified atom stereocenters. The molecule has 3 aromatic rings. The van der Waals surface area contributed by atoms with Gasteiger partial charge in [0, 0.05) is 36.4 Å². The molecule has 0 radical (unpaired) electrons. The van der Waals surface area contributed by atoms with E-state index in [1.54, 1.807) is 0 Å². The molecule has 6 heteroatoms. The highest BCUT2D eigenvalue weighted by atomic mass is 16.5. The molecular formula is C45H64N4O2. The third-order valence-corrected chi connectivity index (χ3v) is 11.5. The summed E-state index contributed by atoms with van der Waals surface area (Å²) in [6.45, 7) is 22.3. The zero-order valence-corrected chi connectivity index (χ0v) is 33.0. The average Bonchev–Trinajstić information content (AvgIpc) is 3.85. The Kier molecular flexibility index (Phi) is 11.4. The molecular weight excluding hydrogens is 629 g/mol. The number of para-hydroxylation sites is 1. The van der Waals surface area contributed by atoms with Crippen LogP contribution >= 0.6 is 0 Å². The number of hydrogen-bond acceptors (Lipinski definition) is 5. The SMILES string of the molecule is CN(C)CCN1C(=O)C(c2cc(C(C)(C)C)ccc2CCCN2CCCC2)(c2cc(C(C)(C)C)ccc2OCCN2CCCC2)c2ccccc21. The van der Waals surface area contributed by atoms with Gasteiger partial charge in [0.25, 0.3) is 0 Å². The molecule has 6 nitrogen and oxygen atoms in total. The number of ether oxygens (including phenoxy) is 1. The van der Waals surface area contributed by atoms with Crippen LogP contribution in [-0.2, 0) is 27.5 Å². The molecule has 2 saturated heterocycles. The van der Waals surface area contributed by atoms with Crippen molar-refractivity contribution in [2.24, 2.45) is 0 Å². The predicted molar refractivity (Wildman–Crippen MR) is 213 cm³/mol. The van der Waals surface area contributed by atoms with E-state index in [2.05, 4.69) is 136 Å². The van der Waals surface area contributed by atoms with E-state index in [1.165, 1.54) is 55.5 Å². The highest BCUT2D eigenvalue weighted by molar-refractivity contribution is 6.13. The zero-order chi connectivity index (χ0) is 36.4. The van der Waals surface area contributed by atoms with Gasteiger partial charge in [-0.2, -0.15) is 0 Å². The summed E-state index contributed by atoms with van der Waals surface area (Å²) in [6, 6.07) is 22.4. The fourth-order valence-electron chi connectivity index (χ4n) is 8.46. The fourth-order valence-corrected chi connectivity index (χ4v) is 8.46. The molecule has 0 saturated carbocycles. The molecule has 1 atom stereocenters. The molecule has 0 spiro atoms. The molecule has 3 aliphatic heterocycles. The van der Waals surface area contributed by atoms with Crippen molar-refractivity contribution in [1.82, 2.24) is 14.7 Å². The van der Waals surface area contributed by atoms with Crippen molar-refractivity contribution in [2.75, 3.05) is 78.0 Å². The fraction of sp³-hybridized carbons (Fsp3) is 0.578. The second-order valence-electron chi connectivity index (χ2n) is 17.7. The van der Waals surface area contributed by atoms with Gasteiger partial charge in [-0.3, -0.25) is 9.69 Å². The third-order valence-electron chi connectivity index (χ3n) is 11.5. The molecule has 3 aliphatic rings. The van der Waals surface area contributed by atoms with E-state index in [-0.39, 0.29) is 16.7 Å². The molecule has 6 rings (SSSR count). The summed E-state index contributed by atoms with van der Waals surface area (Å²) in [5, 5.41) is 0. The second kappa shape index (κ2) is 15.4. The summed E-state index contributed by atoms with van der Waals surface area (Å²) in [5.74, 6) is 0.955. The normalized spacial score (nSPS) is 20.2. The minimum Gasteiger partial charge on any atom is -0.492 e. The molecule has 0 aromatic heterocycles. The number of carbonyl (C=O) groups is 1. The summed E-state index contributed by atoms with van der Waals surface area (Å²) in [6.07, 6.45) is 7.11. The Labute approximate surface area is 309 Å². The van der Waals surface area contributed by atoms with Crippen molar-refractivity contribution in [2.45, 2.75) is 96.3 Å². The van der Waals surface area contributed by atoms with Crippen molar-refractivity contribution < 1.29 is 9.53 Å². The first-order chi connectivity index (χ1) is 24.3. The van der Waals surface area contributed by atoms with Crippen molar-refractivity contribution in [3.8, 4) is 5.75 Å². The van der Waals surface area contributed by atoms with E-state index in [1.807, 2.05) is 0 Å². The predicted octanol–water partition coefficient (Wildman–Crippen LogP) is 8.03. The number of rotatable bonds is 13. The van der Waals surface area contributed by atoms with Crippen LogP contribution in [0.25, 0.3) is 0 Å². The number of anilines is 1. The summed E-state index contributed by atoms with van der Waals surface area (Å²) in [7, 11) is 4.17. The Balaban J connectivity index is 1.59. The Morgan fingerprint density at radius 2 is 1.29 bits per heavy atom. The van der Waals surface area contributed by atoms with Gasteiger partial charge in [-0.1, -0.05) is 84.0 Å². The number of likely N-dealkylation sites (N-methyl/N-ethyl adjacent to an activating group) is 1. The standard InChI is InChI=1S/C45H64N4O2/c1-43(2,3)35-20-19-34(16-15-27-47-23-11-12-24-47)38(32-35)45(37-17-9-10-18-40(37)49(42(45)50)29-28-46(7)8)39-33-36(44(4,5)6)21-22-41(39)51-31-30-48-25-13-14-26-48/h9-10,17-22,32-33H,11-16,23-31H2,1-8H3. The van der Waals surface area contributed by atoms with Crippen LogP contribution in [0.1, 0.15) is 107 Å². The van der Waals surface area contributed by atoms with Crippen molar-refractivity contribution in [3.63, 3.8) is 0 Å². The lowest BCUT2D eigenvalue weighted by molar-refractivity contribution is -0.120. The van der Waals surface area contributed by atoms with Crippen LogP contribution in [0.15, 0.2) is 60.7 Å². The zero-order valence-electron chi connectivity index (χ0n) is 33.0. The lowest BCUT2D eigenvalue weighted by Crippen LogP contribution is -2.45. The van der Waals surface area contributed by atoms with E-state index < -0.39 is 5.41 Å². The quantitative estimate of drug-likeness (QED) is 0.182. The van der Waals surface area contributed by atoms with Crippen molar-refractivity contribution in [1.29, 1.82) is 0 Å². The first-order valence-electron chi connectivity index (χ1n) is 19.7. The number of benzene rings is 3. The van der Waals surface area contributed by atoms with Crippen LogP contribution in [0, 0.1) is 0 Å². The highest BCUT2D eigenvalue weighted by Gasteiger charge is 2.55. The Hall–Kier alpha value is -3.19. The minimum absolute atomic E-state index is 0.0852. The Morgan fingerprint density at radius 3 is 1.92 bits per heavy atom. The molecule has 3 aromatic carbocycles. The van der Waals surface area contributed by atoms with E-state index in [9.17, 15) is 0 Å². The van der Waals surface area contributed by atoms with Gasteiger partial charge in [-0.15, -0.1) is 0 Å². The number of fused-ring (bicyclic) bond motifs is 1. The second-order valence-corrected chi connectivity index (χ2v) is 17.7. The molecule has 276 valence electrons. The number of hydrogen-bond donors (Lipinski definition) is 0. The van der Waals surface area contributed by atoms with Crippen LogP contribution in [-0.4, -0.2) is 93.7 Å². The summed E-state index contributed by atoms with van der Waals surface area (Å²) >= 11 is 0. The van der Waals surface area contributed by atoms with Gasteiger partial charge in [0.15, 0.2) is 0 Å².